The molecule has 0 radical (unpaired) electrons. The lowest BCUT2D eigenvalue weighted by atomic mass is 9.65. The summed E-state index contributed by atoms with van der Waals surface area (Å²) in [6.07, 6.45) is 3.57. The second kappa shape index (κ2) is 10.9. The zero-order valence-corrected chi connectivity index (χ0v) is 20.1. The molecule has 0 aromatic heterocycles. The van der Waals surface area contributed by atoms with E-state index >= 15 is 0 Å². The molecule has 0 amide bonds. The molecule has 0 bridgehead atoms. The Morgan fingerprint density at radius 3 is 1.73 bits per heavy atom. The van der Waals surface area contributed by atoms with Crippen molar-refractivity contribution in [1.82, 2.24) is 0 Å². The van der Waals surface area contributed by atoms with Crippen LogP contribution in [0.2, 0.25) is 0 Å². The molecular weight excluding hydrogens is 380 g/mol. The quantitative estimate of drug-likeness (QED) is 0.410. The van der Waals surface area contributed by atoms with Gasteiger partial charge in [-0.1, -0.05) is 41.5 Å². The predicted molar refractivity (Wildman–Crippen MR) is 119 cm³/mol. The number of ether oxygens (including phenoxy) is 1. The number of hydrogen-bond acceptors (Lipinski definition) is 5. The number of esters is 1. The van der Waals surface area contributed by atoms with Gasteiger partial charge in [0.1, 0.15) is 5.76 Å². The average Bonchev–Trinajstić information content (AvgIpc) is 2.59. The normalized spacial score (nSPS) is 16.8. The Bertz CT molecular complexity index is 710. The van der Waals surface area contributed by atoms with E-state index < -0.39 is 17.2 Å². The van der Waals surface area contributed by atoms with Crippen LogP contribution < -0.4 is 0 Å². The molecular formula is C25H40O5. The zero-order chi connectivity index (χ0) is 23.2. The Labute approximate surface area is 182 Å². The Morgan fingerprint density at radius 1 is 0.900 bits per heavy atom. The van der Waals surface area contributed by atoms with Crippen molar-refractivity contribution < 1.29 is 24.2 Å². The molecule has 0 fully saturated rings. The molecule has 1 rings (SSSR count). The number of aliphatic hydroxyl groups is 1. The standard InChI is InChI=1S/C25H40O5/c1-15(2)9-10-20-22(30-19(8)27)21(18(7)26)24(29)25(23(20)28,13-11-16(3)4)14-12-17(5)6/h15-17,29H,9-14H2,1-8H3. The molecule has 5 heteroatoms. The minimum Gasteiger partial charge on any atom is -0.510 e. The number of Topliss-reactive ketones (excluding diaryl/α,β-unsaturated/α-hetero) is 2. The highest BCUT2D eigenvalue weighted by Crippen LogP contribution is 2.49. The minimum absolute atomic E-state index is 0.00364. The summed E-state index contributed by atoms with van der Waals surface area (Å²) in [5.41, 5.74) is -0.767. The summed E-state index contributed by atoms with van der Waals surface area (Å²) >= 11 is 0. The summed E-state index contributed by atoms with van der Waals surface area (Å²) in [4.78, 5) is 38.3. The fourth-order valence-corrected chi connectivity index (χ4v) is 3.90. The number of rotatable bonds is 11. The van der Waals surface area contributed by atoms with Crippen molar-refractivity contribution in [2.24, 2.45) is 23.2 Å². The summed E-state index contributed by atoms with van der Waals surface area (Å²) in [7, 11) is 0. The zero-order valence-electron chi connectivity index (χ0n) is 20.1. The largest absolute Gasteiger partial charge is 0.510 e. The number of carbonyl (C=O) groups is 3. The van der Waals surface area contributed by atoms with Crippen LogP contribution in [0.3, 0.4) is 0 Å². The first-order chi connectivity index (χ1) is 13.8. The van der Waals surface area contributed by atoms with E-state index in [2.05, 4.69) is 41.5 Å². The fourth-order valence-electron chi connectivity index (χ4n) is 3.90. The topological polar surface area (TPSA) is 80.7 Å². The second-order valence-corrected chi connectivity index (χ2v) is 9.89. The smallest absolute Gasteiger partial charge is 0.308 e. The lowest BCUT2D eigenvalue weighted by Crippen LogP contribution is -2.41. The predicted octanol–water partition coefficient (Wildman–Crippen LogP) is 6.08. The molecule has 30 heavy (non-hydrogen) atoms. The van der Waals surface area contributed by atoms with Gasteiger partial charge in [-0.15, -0.1) is 0 Å². The molecule has 0 atom stereocenters. The van der Waals surface area contributed by atoms with E-state index in [0.29, 0.717) is 42.6 Å². The average molecular weight is 421 g/mol. The first-order valence-corrected chi connectivity index (χ1v) is 11.2. The van der Waals surface area contributed by atoms with Gasteiger partial charge in [-0.25, -0.2) is 0 Å². The molecule has 0 saturated heterocycles. The first kappa shape index (κ1) is 26.1. The van der Waals surface area contributed by atoms with Gasteiger partial charge in [0.25, 0.3) is 0 Å². The molecule has 5 nitrogen and oxygen atoms in total. The molecule has 1 aliphatic rings. The third-order valence-corrected chi connectivity index (χ3v) is 5.77. The van der Waals surface area contributed by atoms with Gasteiger partial charge in [-0.05, 0) is 63.2 Å². The second-order valence-electron chi connectivity index (χ2n) is 9.89. The van der Waals surface area contributed by atoms with Crippen molar-refractivity contribution in [3.05, 3.63) is 22.7 Å². The highest BCUT2D eigenvalue weighted by Gasteiger charge is 2.50. The van der Waals surface area contributed by atoms with E-state index in [0.717, 1.165) is 19.3 Å². The molecule has 0 aliphatic heterocycles. The molecule has 0 saturated carbocycles. The molecule has 170 valence electrons. The summed E-state index contributed by atoms with van der Waals surface area (Å²) in [5.74, 6) is -0.414. The number of hydrogen-bond donors (Lipinski definition) is 1. The lowest BCUT2D eigenvalue weighted by molar-refractivity contribution is -0.137. The number of aliphatic hydroxyl groups excluding tert-OH is 1. The van der Waals surface area contributed by atoms with Crippen LogP contribution in [0.15, 0.2) is 22.7 Å². The van der Waals surface area contributed by atoms with Gasteiger partial charge in [0.05, 0.1) is 11.0 Å². The SMILES string of the molecule is CC(=O)OC1=C(CCC(C)C)C(=O)C(CCC(C)C)(CCC(C)C)C(O)=C1C(C)=O. The van der Waals surface area contributed by atoms with Gasteiger partial charge < -0.3 is 9.84 Å². The number of carbonyl (C=O) groups excluding carboxylic acids is 3. The first-order valence-electron chi connectivity index (χ1n) is 11.2. The van der Waals surface area contributed by atoms with Crippen LogP contribution in [0.1, 0.15) is 93.9 Å². The van der Waals surface area contributed by atoms with Crippen molar-refractivity contribution in [2.75, 3.05) is 0 Å². The van der Waals surface area contributed by atoms with Crippen molar-refractivity contribution in [2.45, 2.75) is 93.9 Å². The van der Waals surface area contributed by atoms with Gasteiger partial charge in [-0.2, -0.15) is 0 Å². The van der Waals surface area contributed by atoms with Gasteiger partial charge in [0, 0.05) is 12.5 Å². The Morgan fingerprint density at radius 2 is 1.37 bits per heavy atom. The van der Waals surface area contributed by atoms with Crippen molar-refractivity contribution in [1.29, 1.82) is 0 Å². The molecule has 0 aromatic rings. The minimum atomic E-state index is -1.13. The molecule has 0 heterocycles. The van der Waals surface area contributed by atoms with E-state index in [9.17, 15) is 19.5 Å². The summed E-state index contributed by atoms with van der Waals surface area (Å²) in [6.45, 7) is 15.0. The van der Waals surface area contributed by atoms with Crippen LogP contribution >= 0.6 is 0 Å². The molecule has 1 N–H and O–H groups in total. The molecule has 1 aliphatic carbocycles. The Hall–Kier alpha value is -1.91. The summed E-state index contributed by atoms with van der Waals surface area (Å²) < 4.78 is 5.38. The van der Waals surface area contributed by atoms with Crippen LogP contribution in [0.25, 0.3) is 0 Å². The van der Waals surface area contributed by atoms with E-state index in [1.54, 1.807) is 0 Å². The third-order valence-electron chi connectivity index (χ3n) is 5.77. The summed E-state index contributed by atoms with van der Waals surface area (Å²) in [5, 5.41) is 11.3. The van der Waals surface area contributed by atoms with Gasteiger partial charge >= 0.3 is 5.97 Å². The number of ketones is 2. The van der Waals surface area contributed by atoms with Crippen LogP contribution in [0, 0.1) is 23.2 Å². The van der Waals surface area contributed by atoms with Crippen molar-refractivity contribution in [3.8, 4) is 0 Å². The highest BCUT2D eigenvalue weighted by atomic mass is 16.5. The Balaban J connectivity index is 3.73. The van der Waals surface area contributed by atoms with E-state index in [4.69, 9.17) is 4.74 Å². The van der Waals surface area contributed by atoms with E-state index in [-0.39, 0.29) is 22.9 Å². The van der Waals surface area contributed by atoms with Crippen LogP contribution in [-0.2, 0) is 19.1 Å². The fraction of sp³-hybridized carbons (Fsp3) is 0.720. The number of allylic oxidation sites excluding steroid dienone is 3. The maximum Gasteiger partial charge on any atom is 0.308 e. The molecule has 0 spiro atoms. The Kier molecular flexibility index (Phi) is 9.51. The molecule has 0 aromatic carbocycles. The lowest BCUT2D eigenvalue weighted by Gasteiger charge is -2.38. The van der Waals surface area contributed by atoms with Crippen molar-refractivity contribution in [3.63, 3.8) is 0 Å². The van der Waals surface area contributed by atoms with E-state index in [1.165, 1.54) is 13.8 Å². The van der Waals surface area contributed by atoms with Gasteiger partial charge in [-0.3, -0.25) is 14.4 Å². The summed E-state index contributed by atoms with van der Waals surface area (Å²) in [6, 6.07) is 0. The maximum atomic E-state index is 13.9. The van der Waals surface area contributed by atoms with Gasteiger partial charge in [0.15, 0.2) is 17.3 Å². The highest BCUT2D eigenvalue weighted by molar-refractivity contribution is 6.10. The van der Waals surface area contributed by atoms with Crippen molar-refractivity contribution >= 4 is 17.5 Å². The van der Waals surface area contributed by atoms with Crippen LogP contribution in [0.4, 0.5) is 0 Å². The van der Waals surface area contributed by atoms with Gasteiger partial charge in [0.2, 0.25) is 0 Å². The molecule has 0 unspecified atom stereocenters. The van der Waals surface area contributed by atoms with E-state index in [1.807, 2.05) is 0 Å². The third kappa shape index (κ3) is 6.29. The monoisotopic (exact) mass is 420 g/mol. The maximum absolute atomic E-state index is 13.9. The van der Waals surface area contributed by atoms with Crippen LogP contribution in [0.5, 0.6) is 0 Å². The van der Waals surface area contributed by atoms with Crippen LogP contribution in [-0.4, -0.2) is 22.6 Å².